The molecule has 2 heterocycles. The van der Waals surface area contributed by atoms with Crippen LogP contribution in [0.15, 0.2) is 42.7 Å². The van der Waals surface area contributed by atoms with Crippen LogP contribution < -0.4 is 34.7 Å². The Morgan fingerprint density at radius 2 is 1.95 bits per heavy atom. The first-order valence-electron chi connectivity index (χ1n) is 6.22. The maximum atomic E-state index is 10.7. The van der Waals surface area contributed by atoms with Gasteiger partial charge in [0.2, 0.25) is 0 Å². The Kier molecular flexibility index (Phi) is 4.77. The summed E-state index contributed by atoms with van der Waals surface area (Å²) in [6.07, 6.45) is 3.47. The van der Waals surface area contributed by atoms with Crippen LogP contribution in [-0.2, 0) is 6.54 Å². The van der Waals surface area contributed by atoms with Crippen LogP contribution >= 0.6 is 0 Å². The molecular formula is C15H12N3NaO2. The number of imidazole rings is 1. The van der Waals surface area contributed by atoms with Gasteiger partial charge in [-0.25, -0.2) is 4.98 Å². The van der Waals surface area contributed by atoms with Gasteiger partial charge in [-0.2, -0.15) is 0 Å². The minimum atomic E-state index is -1.16. The number of hydrogen-bond donors (Lipinski definition) is 0. The molecule has 0 N–H and O–H groups in total. The van der Waals surface area contributed by atoms with Gasteiger partial charge in [0.1, 0.15) is 11.3 Å². The summed E-state index contributed by atoms with van der Waals surface area (Å²) in [5, 5.41) is 10.7. The van der Waals surface area contributed by atoms with E-state index in [0.717, 1.165) is 22.4 Å². The van der Waals surface area contributed by atoms with E-state index < -0.39 is 5.97 Å². The van der Waals surface area contributed by atoms with Gasteiger partial charge in [0.05, 0.1) is 17.7 Å². The number of fused-ring (bicyclic) bond motifs is 1. The Bertz CT molecular complexity index is 781. The number of carboxylic acids is 1. The number of aromatic carboxylic acids is 1. The fourth-order valence-corrected chi connectivity index (χ4v) is 2.23. The summed E-state index contributed by atoms with van der Waals surface area (Å²) in [4.78, 5) is 19.2. The van der Waals surface area contributed by atoms with E-state index >= 15 is 0 Å². The summed E-state index contributed by atoms with van der Waals surface area (Å²) in [5.41, 5.74) is 3.07. The van der Waals surface area contributed by atoms with E-state index in [2.05, 4.69) is 14.5 Å². The molecule has 1 aromatic carbocycles. The second kappa shape index (κ2) is 6.39. The molecule has 0 unspecified atom stereocenters. The predicted octanol–water partition coefficient (Wildman–Crippen LogP) is -1.84. The Morgan fingerprint density at radius 3 is 2.62 bits per heavy atom. The van der Waals surface area contributed by atoms with Gasteiger partial charge in [0.15, 0.2) is 0 Å². The second-order valence-corrected chi connectivity index (χ2v) is 4.59. The zero-order chi connectivity index (χ0) is 14.1. The molecule has 0 spiro atoms. The van der Waals surface area contributed by atoms with Crippen LogP contribution in [0.2, 0.25) is 0 Å². The van der Waals surface area contributed by atoms with Crippen molar-refractivity contribution in [1.29, 1.82) is 0 Å². The smallest absolute Gasteiger partial charge is 0.545 e. The van der Waals surface area contributed by atoms with Crippen LogP contribution in [0.5, 0.6) is 0 Å². The van der Waals surface area contributed by atoms with Crippen molar-refractivity contribution in [2.45, 2.75) is 13.5 Å². The molecule has 0 fully saturated rings. The molecule has 6 heteroatoms. The maximum absolute atomic E-state index is 10.7. The van der Waals surface area contributed by atoms with Crippen molar-refractivity contribution >= 4 is 17.0 Å². The molecule has 0 aliphatic rings. The standard InChI is InChI=1S/C15H13N3O2.Na/c1-10-17-13-8-16-7-6-14(13)18(10)9-11-2-4-12(5-3-11)15(19)20;/h2-8H,9H2,1H3,(H,19,20);/q;+1/p-1. The van der Waals surface area contributed by atoms with Crippen molar-refractivity contribution in [2.75, 3.05) is 0 Å². The van der Waals surface area contributed by atoms with Gasteiger partial charge in [-0.3, -0.25) is 4.98 Å². The van der Waals surface area contributed by atoms with Gasteiger partial charge < -0.3 is 14.5 Å². The van der Waals surface area contributed by atoms with E-state index in [1.807, 2.05) is 13.0 Å². The van der Waals surface area contributed by atoms with E-state index in [0.29, 0.717) is 6.54 Å². The van der Waals surface area contributed by atoms with Crippen molar-refractivity contribution < 1.29 is 39.5 Å². The number of aromatic nitrogens is 3. The monoisotopic (exact) mass is 289 g/mol. The minimum Gasteiger partial charge on any atom is -0.545 e. The third-order valence-electron chi connectivity index (χ3n) is 3.27. The van der Waals surface area contributed by atoms with Gasteiger partial charge in [0.25, 0.3) is 0 Å². The van der Waals surface area contributed by atoms with E-state index in [-0.39, 0.29) is 35.1 Å². The number of rotatable bonds is 3. The van der Waals surface area contributed by atoms with E-state index in [1.165, 1.54) is 0 Å². The maximum Gasteiger partial charge on any atom is 1.00 e. The molecule has 0 aliphatic carbocycles. The average molecular weight is 289 g/mol. The van der Waals surface area contributed by atoms with Crippen molar-refractivity contribution in [1.82, 2.24) is 14.5 Å². The summed E-state index contributed by atoms with van der Waals surface area (Å²) in [7, 11) is 0. The Morgan fingerprint density at radius 1 is 1.24 bits per heavy atom. The number of carbonyl (C=O) groups is 1. The molecule has 0 radical (unpaired) electrons. The van der Waals surface area contributed by atoms with Gasteiger partial charge in [0, 0.05) is 12.7 Å². The Labute approximate surface area is 143 Å². The number of hydrogen-bond acceptors (Lipinski definition) is 4. The number of carbonyl (C=O) groups excluding carboxylic acids is 1. The molecule has 3 rings (SSSR count). The summed E-state index contributed by atoms with van der Waals surface area (Å²) in [6.45, 7) is 2.58. The van der Waals surface area contributed by atoms with Crippen molar-refractivity contribution in [3.63, 3.8) is 0 Å². The number of benzene rings is 1. The molecule has 0 bridgehead atoms. The normalized spacial score (nSPS) is 10.3. The Balaban J connectivity index is 0.00000161. The second-order valence-electron chi connectivity index (χ2n) is 4.59. The fourth-order valence-electron chi connectivity index (χ4n) is 2.23. The van der Waals surface area contributed by atoms with Crippen molar-refractivity contribution in [3.05, 3.63) is 59.7 Å². The molecule has 0 amide bonds. The van der Waals surface area contributed by atoms with Gasteiger partial charge in [-0.1, -0.05) is 24.3 Å². The molecule has 0 atom stereocenters. The quantitative estimate of drug-likeness (QED) is 0.531. The fraction of sp³-hybridized carbons (Fsp3) is 0.133. The van der Waals surface area contributed by atoms with Gasteiger partial charge in [-0.15, -0.1) is 0 Å². The predicted molar refractivity (Wildman–Crippen MR) is 72.1 cm³/mol. The van der Waals surface area contributed by atoms with E-state index in [9.17, 15) is 9.90 Å². The molecule has 0 saturated heterocycles. The first kappa shape index (κ1) is 15.7. The molecule has 0 aliphatic heterocycles. The summed E-state index contributed by atoms with van der Waals surface area (Å²) >= 11 is 0. The van der Waals surface area contributed by atoms with Crippen molar-refractivity contribution in [3.8, 4) is 0 Å². The molecule has 5 nitrogen and oxygen atoms in total. The van der Waals surface area contributed by atoms with Crippen LogP contribution in [0.4, 0.5) is 0 Å². The first-order chi connectivity index (χ1) is 9.65. The van der Waals surface area contributed by atoms with Crippen molar-refractivity contribution in [2.24, 2.45) is 0 Å². The van der Waals surface area contributed by atoms with Crippen LogP contribution in [0.1, 0.15) is 21.7 Å². The first-order valence-corrected chi connectivity index (χ1v) is 6.22. The average Bonchev–Trinajstić information content (AvgIpc) is 2.76. The van der Waals surface area contributed by atoms with Crippen LogP contribution in [0.3, 0.4) is 0 Å². The zero-order valence-electron chi connectivity index (χ0n) is 11.9. The van der Waals surface area contributed by atoms with Crippen LogP contribution in [0, 0.1) is 6.92 Å². The molecule has 3 aromatic rings. The SMILES string of the molecule is Cc1nc2cnccc2n1Cc1ccc(C(=O)[O-])cc1.[Na+]. The van der Waals surface area contributed by atoms with Gasteiger partial charge in [-0.05, 0) is 24.1 Å². The Hall–Kier alpha value is -1.69. The number of aryl methyl sites for hydroxylation is 1. The number of nitrogens with zero attached hydrogens (tertiary/aromatic N) is 3. The summed E-state index contributed by atoms with van der Waals surface area (Å²) < 4.78 is 2.07. The topological polar surface area (TPSA) is 70.8 Å². The number of pyridine rings is 1. The van der Waals surface area contributed by atoms with E-state index in [4.69, 9.17) is 0 Å². The van der Waals surface area contributed by atoms with Crippen LogP contribution in [-0.4, -0.2) is 20.5 Å². The summed E-state index contributed by atoms with van der Waals surface area (Å²) in [5.74, 6) is -0.260. The minimum absolute atomic E-state index is 0. The summed E-state index contributed by atoms with van der Waals surface area (Å²) in [6, 6.07) is 8.61. The third kappa shape index (κ3) is 3.15. The number of carboxylic acid groups (broad SMARTS) is 1. The van der Waals surface area contributed by atoms with Gasteiger partial charge >= 0.3 is 29.6 Å². The molecular weight excluding hydrogens is 277 g/mol. The van der Waals surface area contributed by atoms with Crippen LogP contribution in [0.25, 0.3) is 11.0 Å². The molecule has 21 heavy (non-hydrogen) atoms. The van der Waals surface area contributed by atoms with E-state index in [1.54, 1.807) is 36.7 Å². The molecule has 2 aromatic heterocycles. The third-order valence-corrected chi connectivity index (χ3v) is 3.27. The zero-order valence-corrected chi connectivity index (χ0v) is 13.9. The molecule has 100 valence electrons. The molecule has 0 saturated carbocycles. The largest absolute Gasteiger partial charge is 1.00 e.